The van der Waals surface area contributed by atoms with Crippen molar-refractivity contribution in [2.24, 2.45) is 5.92 Å². The van der Waals surface area contributed by atoms with Crippen LogP contribution in [-0.2, 0) is 4.79 Å². The van der Waals surface area contributed by atoms with Crippen LogP contribution in [0.3, 0.4) is 0 Å². The van der Waals surface area contributed by atoms with Gasteiger partial charge >= 0.3 is 0 Å². The summed E-state index contributed by atoms with van der Waals surface area (Å²) in [6, 6.07) is 10.3. The monoisotopic (exact) mass is 487 g/mol. The minimum absolute atomic E-state index is 0.0201. The summed E-state index contributed by atoms with van der Waals surface area (Å²) in [6.07, 6.45) is 7.49. The summed E-state index contributed by atoms with van der Waals surface area (Å²) in [4.78, 5) is 34.8. The van der Waals surface area contributed by atoms with E-state index in [1.807, 2.05) is 34.4 Å². The van der Waals surface area contributed by atoms with Crippen LogP contribution in [0.15, 0.2) is 55.0 Å². The number of amides is 1. The van der Waals surface area contributed by atoms with Crippen molar-refractivity contribution in [2.75, 3.05) is 25.5 Å². The number of piperidine rings is 1. The number of ether oxygens (including phenoxy) is 1. The van der Waals surface area contributed by atoms with Gasteiger partial charge in [0.2, 0.25) is 0 Å². The van der Waals surface area contributed by atoms with Gasteiger partial charge in [-0.1, -0.05) is 0 Å². The number of nitrogens with zero attached hydrogens (tertiary/aromatic N) is 4. The number of nitrogens with one attached hydrogen (secondary N) is 1. The van der Waals surface area contributed by atoms with Crippen LogP contribution >= 0.6 is 0 Å². The molecular weight excluding hydrogens is 461 g/mol. The minimum Gasteiger partial charge on any atom is -0.494 e. The molecule has 0 aliphatic carbocycles. The molecule has 5 rings (SSSR count). The molecule has 36 heavy (non-hydrogen) atoms. The second kappa shape index (κ2) is 9.77. The molecule has 0 atom stereocenters. The number of aromatic nitrogens is 3. The smallest absolute Gasteiger partial charge is 0.254 e. The number of likely N-dealkylation sites (tertiary alicyclic amines) is 1. The quantitative estimate of drug-likeness (QED) is 0.399. The first-order valence-electron chi connectivity index (χ1n) is 11.8. The van der Waals surface area contributed by atoms with Gasteiger partial charge in [-0.2, -0.15) is 0 Å². The maximum absolute atomic E-state index is 14.3. The zero-order valence-electron chi connectivity index (χ0n) is 20.1. The highest BCUT2D eigenvalue weighted by atomic mass is 19.1. The van der Waals surface area contributed by atoms with E-state index in [1.165, 1.54) is 13.2 Å². The summed E-state index contributed by atoms with van der Waals surface area (Å²) in [5.74, 6) is 0.291. The number of halogens is 1. The molecule has 0 saturated carbocycles. The summed E-state index contributed by atoms with van der Waals surface area (Å²) in [5, 5.41) is 3.29. The summed E-state index contributed by atoms with van der Waals surface area (Å²) in [6.45, 7) is 3.08. The van der Waals surface area contributed by atoms with E-state index >= 15 is 0 Å². The fourth-order valence-electron chi connectivity index (χ4n) is 4.57. The Hall–Kier alpha value is -4.27. The normalized spacial score (nSPS) is 14.1. The van der Waals surface area contributed by atoms with Gasteiger partial charge in [-0.3, -0.25) is 9.20 Å². The Labute approximate surface area is 207 Å². The van der Waals surface area contributed by atoms with Gasteiger partial charge in [0.15, 0.2) is 23.0 Å². The first-order chi connectivity index (χ1) is 17.5. The van der Waals surface area contributed by atoms with Crippen LogP contribution in [0, 0.1) is 18.7 Å². The van der Waals surface area contributed by atoms with Crippen molar-refractivity contribution in [1.82, 2.24) is 19.3 Å². The molecule has 1 saturated heterocycles. The Kier molecular flexibility index (Phi) is 6.37. The largest absolute Gasteiger partial charge is 0.494 e. The minimum atomic E-state index is -0.449. The lowest BCUT2D eigenvalue weighted by molar-refractivity contribution is -0.112. The molecule has 2 aromatic heterocycles. The molecule has 4 aromatic rings. The highest BCUT2D eigenvalue weighted by Gasteiger charge is 2.24. The third-order valence-corrected chi connectivity index (χ3v) is 6.61. The van der Waals surface area contributed by atoms with Crippen LogP contribution in [0.2, 0.25) is 0 Å². The van der Waals surface area contributed by atoms with Crippen LogP contribution in [0.4, 0.5) is 15.9 Å². The first-order valence-corrected chi connectivity index (χ1v) is 11.8. The van der Waals surface area contributed by atoms with Gasteiger partial charge < -0.3 is 19.7 Å². The van der Waals surface area contributed by atoms with E-state index in [0.29, 0.717) is 54.2 Å². The number of hydrogen-bond donors (Lipinski definition) is 1. The number of aryl methyl sites for hydroxylation is 1. The second-order valence-electron chi connectivity index (χ2n) is 8.88. The summed E-state index contributed by atoms with van der Waals surface area (Å²) < 4.78 is 21.1. The fraction of sp³-hybridized carbons (Fsp3) is 0.259. The van der Waals surface area contributed by atoms with Gasteiger partial charge in [0.25, 0.3) is 5.91 Å². The highest BCUT2D eigenvalue weighted by molar-refractivity contribution is 5.96. The van der Waals surface area contributed by atoms with E-state index < -0.39 is 5.82 Å². The molecular formula is C27H26FN5O3. The van der Waals surface area contributed by atoms with E-state index in [-0.39, 0.29) is 17.6 Å². The molecule has 2 aromatic carbocycles. The molecule has 1 N–H and O–H groups in total. The Balaban J connectivity index is 1.38. The lowest BCUT2D eigenvalue weighted by atomic mass is 9.97. The number of anilines is 2. The molecule has 8 nitrogen and oxygen atoms in total. The average molecular weight is 488 g/mol. The molecule has 3 heterocycles. The molecule has 0 radical (unpaired) electrons. The number of fused-ring (bicyclic) bond motifs is 1. The maximum Gasteiger partial charge on any atom is 0.254 e. The van der Waals surface area contributed by atoms with Gasteiger partial charge in [0.1, 0.15) is 6.29 Å². The van der Waals surface area contributed by atoms with Crippen molar-refractivity contribution in [3.63, 3.8) is 0 Å². The molecule has 184 valence electrons. The zero-order chi connectivity index (χ0) is 25.2. The number of imidazole rings is 1. The predicted molar refractivity (Wildman–Crippen MR) is 134 cm³/mol. The van der Waals surface area contributed by atoms with Gasteiger partial charge in [-0.15, -0.1) is 0 Å². The molecule has 1 aliphatic heterocycles. The maximum atomic E-state index is 14.3. The van der Waals surface area contributed by atoms with E-state index in [1.54, 1.807) is 30.7 Å². The van der Waals surface area contributed by atoms with Crippen LogP contribution in [-0.4, -0.2) is 51.7 Å². The summed E-state index contributed by atoms with van der Waals surface area (Å²) in [7, 11) is 1.43. The zero-order valence-corrected chi connectivity index (χ0v) is 20.1. The molecule has 0 bridgehead atoms. The third kappa shape index (κ3) is 4.39. The Morgan fingerprint density at radius 2 is 1.97 bits per heavy atom. The number of rotatable bonds is 6. The number of hydrogen-bond acceptors (Lipinski definition) is 6. The van der Waals surface area contributed by atoms with Crippen LogP contribution in [0.5, 0.6) is 5.75 Å². The van der Waals surface area contributed by atoms with E-state index in [0.717, 1.165) is 17.5 Å². The SMILES string of the molecule is COc1ccc(-c2cnc3c(Nc4ccc(C(=O)N5CCC(C=O)CC5)c(C)c4)nccn23)cc1F. The number of benzene rings is 2. The Morgan fingerprint density at radius 1 is 1.17 bits per heavy atom. The predicted octanol–water partition coefficient (Wildman–Crippen LogP) is 4.65. The number of aldehydes is 1. The second-order valence-corrected chi connectivity index (χ2v) is 8.88. The fourth-order valence-corrected chi connectivity index (χ4v) is 4.57. The van der Waals surface area contributed by atoms with Crippen LogP contribution in [0.1, 0.15) is 28.8 Å². The van der Waals surface area contributed by atoms with Crippen molar-refractivity contribution >= 4 is 29.3 Å². The van der Waals surface area contributed by atoms with Crippen LogP contribution < -0.4 is 10.1 Å². The van der Waals surface area contributed by atoms with Gasteiger partial charge in [0.05, 0.1) is 19.0 Å². The molecule has 1 fully saturated rings. The van der Waals surface area contributed by atoms with E-state index in [9.17, 15) is 14.0 Å². The molecule has 1 aliphatic rings. The van der Waals surface area contributed by atoms with Gasteiger partial charge in [-0.25, -0.2) is 14.4 Å². The first kappa shape index (κ1) is 23.5. The van der Waals surface area contributed by atoms with Crippen LogP contribution in [0.25, 0.3) is 16.9 Å². The standard InChI is InChI=1S/C27H26FN5O3/c1-17-13-20(4-5-21(17)27(35)32-10-7-18(16-34)8-11-32)31-25-26-30-15-23(33(26)12-9-29-25)19-3-6-24(36-2)22(28)14-19/h3-6,9,12-16,18H,7-8,10-11H2,1-2H3,(H,29,31). The average Bonchev–Trinajstić information content (AvgIpc) is 3.34. The molecule has 0 unspecified atom stereocenters. The van der Waals surface area contributed by atoms with E-state index in [2.05, 4.69) is 15.3 Å². The number of carbonyl (C=O) groups excluding carboxylic acids is 2. The number of carbonyl (C=O) groups is 2. The molecule has 9 heteroatoms. The lowest BCUT2D eigenvalue weighted by Crippen LogP contribution is -2.39. The van der Waals surface area contributed by atoms with Gasteiger partial charge in [0, 0.05) is 48.2 Å². The van der Waals surface area contributed by atoms with Crippen molar-refractivity contribution in [2.45, 2.75) is 19.8 Å². The highest BCUT2D eigenvalue weighted by Crippen LogP contribution is 2.29. The van der Waals surface area contributed by atoms with Crippen molar-refractivity contribution < 1.29 is 18.7 Å². The third-order valence-electron chi connectivity index (χ3n) is 6.61. The van der Waals surface area contributed by atoms with Gasteiger partial charge in [-0.05, 0) is 61.7 Å². The molecule has 0 spiro atoms. The topological polar surface area (TPSA) is 88.8 Å². The summed E-state index contributed by atoms with van der Waals surface area (Å²) >= 11 is 0. The Morgan fingerprint density at radius 3 is 2.67 bits per heavy atom. The van der Waals surface area contributed by atoms with E-state index in [4.69, 9.17) is 4.74 Å². The van der Waals surface area contributed by atoms with Crippen molar-refractivity contribution in [3.05, 3.63) is 71.9 Å². The molecule has 1 amide bonds. The summed E-state index contributed by atoms with van der Waals surface area (Å²) in [5.41, 5.74) is 4.21. The lowest BCUT2D eigenvalue weighted by Gasteiger charge is -2.30. The van der Waals surface area contributed by atoms with Crippen molar-refractivity contribution in [3.8, 4) is 17.0 Å². The Bertz CT molecular complexity index is 1440. The van der Waals surface area contributed by atoms with Crippen molar-refractivity contribution in [1.29, 1.82) is 0 Å². The number of methoxy groups -OCH3 is 1.